The van der Waals surface area contributed by atoms with Gasteiger partial charge in [0.25, 0.3) is 0 Å². The standard InChI is InChI=1S/C21H28N2O4S/c1-20(2)16-8-9-21(20,18(24)12-16)14-28(26,27)23-11-10-22-19(25)13-17(23)15-6-4-3-5-7-15/h3-7,16-17H,8-14H2,1-2H3,(H,22,25). The first-order valence-electron chi connectivity index (χ1n) is 10.0. The van der Waals surface area contributed by atoms with Gasteiger partial charge in [0, 0.05) is 31.3 Å². The highest BCUT2D eigenvalue weighted by Gasteiger charge is 2.65. The van der Waals surface area contributed by atoms with Gasteiger partial charge in [0.15, 0.2) is 0 Å². The van der Waals surface area contributed by atoms with Crippen molar-refractivity contribution in [3.8, 4) is 0 Å². The second-order valence-electron chi connectivity index (χ2n) is 9.01. The molecule has 3 atom stereocenters. The van der Waals surface area contributed by atoms with Crippen LogP contribution < -0.4 is 5.32 Å². The van der Waals surface area contributed by atoms with Gasteiger partial charge in [-0.15, -0.1) is 0 Å². The van der Waals surface area contributed by atoms with Crippen molar-refractivity contribution in [1.82, 2.24) is 9.62 Å². The van der Waals surface area contributed by atoms with Gasteiger partial charge >= 0.3 is 0 Å². The van der Waals surface area contributed by atoms with E-state index in [1.54, 1.807) is 0 Å². The van der Waals surface area contributed by atoms with Crippen molar-refractivity contribution in [3.63, 3.8) is 0 Å². The molecule has 2 saturated carbocycles. The summed E-state index contributed by atoms with van der Waals surface area (Å²) in [5, 5.41) is 2.78. The zero-order valence-corrected chi connectivity index (χ0v) is 17.3. The van der Waals surface area contributed by atoms with E-state index in [2.05, 4.69) is 5.32 Å². The van der Waals surface area contributed by atoms with Gasteiger partial charge in [-0.2, -0.15) is 4.31 Å². The Kier molecular flexibility index (Phi) is 4.66. The number of ketones is 1. The zero-order valence-electron chi connectivity index (χ0n) is 16.5. The molecule has 2 bridgehead atoms. The summed E-state index contributed by atoms with van der Waals surface area (Å²) in [6.45, 7) is 4.61. The van der Waals surface area contributed by atoms with Crippen molar-refractivity contribution < 1.29 is 18.0 Å². The smallest absolute Gasteiger partial charge is 0.222 e. The third-order valence-electron chi connectivity index (χ3n) is 7.49. The zero-order chi connectivity index (χ0) is 20.2. The lowest BCUT2D eigenvalue weighted by Crippen LogP contribution is -2.48. The lowest BCUT2D eigenvalue weighted by atomic mass is 9.70. The summed E-state index contributed by atoms with van der Waals surface area (Å²) < 4.78 is 28.7. The van der Waals surface area contributed by atoms with Gasteiger partial charge in [0.1, 0.15) is 5.78 Å². The molecule has 1 saturated heterocycles. The van der Waals surface area contributed by atoms with E-state index in [1.807, 2.05) is 44.2 Å². The molecule has 0 radical (unpaired) electrons. The molecule has 152 valence electrons. The van der Waals surface area contributed by atoms with Gasteiger partial charge in [-0.25, -0.2) is 8.42 Å². The fourth-order valence-electron chi connectivity index (χ4n) is 5.61. The maximum Gasteiger partial charge on any atom is 0.222 e. The van der Waals surface area contributed by atoms with Crippen molar-refractivity contribution in [2.75, 3.05) is 18.8 Å². The predicted molar refractivity (Wildman–Crippen MR) is 106 cm³/mol. The minimum absolute atomic E-state index is 0.0935. The Balaban J connectivity index is 1.70. The summed E-state index contributed by atoms with van der Waals surface area (Å²) >= 11 is 0. The van der Waals surface area contributed by atoms with Crippen LogP contribution in [-0.4, -0.2) is 43.3 Å². The largest absolute Gasteiger partial charge is 0.355 e. The molecule has 1 aliphatic heterocycles. The van der Waals surface area contributed by atoms with Crippen LogP contribution in [0.15, 0.2) is 30.3 Å². The van der Waals surface area contributed by atoms with Crippen molar-refractivity contribution in [1.29, 1.82) is 0 Å². The van der Waals surface area contributed by atoms with Crippen LogP contribution in [-0.2, 0) is 19.6 Å². The van der Waals surface area contributed by atoms with Crippen molar-refractivity contribution in [3.05, 3.63) is 35.9 Å². The third-order valence-corrected chi connectivity index (χ3v) is 9.50. The van der Waals surface area contributed by atoms with Gasteiger partial charge in [0.05, 0.1) is 11.8 Å². The first-order valence-corrected chi connectivity index (χ1v) is 11.6. The molecular formula is C21H28N2O4S. The molecule has 0 aromatic heterocycles. The highest BCUT2D eigenvalue weighted by atomic mass is 32.2. The summed E-state index contributed by atoms with van der Waals surface area (Å²) in [5.41, 5.74) is -0.303. The van der Waals surface area contributed by atoms with Crippen LogP contribution in [0.3, 0.4) is 0 Å². The van der Waals surface area contributed by atoms with E-state index in [4.69, 9.17) is 0 Å². The molecular weight excluding hydrogens is 376 g/mol. The van der Waals surface area contributed by atoms with E-state index in [0.29, 0.717) is 12.8 Å². The van der Waals surface area contributed by atoms with E-state index < -0.39 is 21.5 Å². The summed E-state index contributed by atoms with van der Waals surface area (Å²) in [7, 11) is -3.74. The molecule has 1 aromatic carbocycles. The predicted octanol–water partition coefficient (Wildman–Crippen LogP) is 2.27. The fourth-order valence-corrected chi connectivity index (χ4v) is 8.03. The molecule has 3 unspecified atom stereocenters. The van der Waals surface area contributed by atoms with Crippen LogP contribution in [0, 0.1) is 16.7 Å². The number of Topliss-reactive ketones (excluding diaryl/α,β-unsaturated/α-hetero) is 1. The number of sulfonamides is 1. The van der Waals surface area contributed by atoms with Crippen molar-refractivity contribution in [2.45, 2.75) is 45.6 Å². The summed E-state index contributed by atoms with van der Waals surface area (Å²) in [5.74, 6) is 0.0628. The number of benzene rings is 1. The summed E-state index contributed by atoms with van der Waals surface area (Å²) in [4.78, 5) is 25.0. The van der Waals surface area contributed by atoms with Gasteiger partial charge in [0.2, 0.25) is 15.9 Å². The molecule has 1 aromatic rings. The Morgan fingerprint density at radius 3 is 2.46 bits per heavy atom. The Labute approximate surface area is 166 Å². The molecule has 1 N–H and O–H groups in total. The lowest BCUT2D eigenvalue weighted by Gasteiger charge is -2.38. The van der Waals surface area contributed by atoms with Crippen molar-refractivity contribution >= 4 is 21.7 Å². The van der Waals surface area contributed by atoms with Gasteiger partial charge < -0.3 is 5.32 Å². The Morgan fingerprint density at radius 2 is 1.86 bits per heavy atom. The molecule has 2 aliphatic carbocycles. The number of nitrogens with zero attached hydrogens (tertiary/aromatic N) is 1. The SMILES string of the molecule is CC1(C)C2CCC1(CS(=O)(=O)N1CCNC(=O)CC1c1ccccc1)C(=O)C2. The van der Waals surface area contributed by atoms with E-state index in [-0.39, 0.29) is 48.3 Å². The van der Waals surface area contributed by atoms with Crippen molar-refractivity contribution in [2.24, 2.45) is 16.7 Å². The number of hydrogen-bond acceptors (Lipinski definition) is 4. The molecule has 1 amide bonds. The molecule has 7 heteroatoms. The quantitative estimate of drug-likeness (QED) is 0.834. The van der Waals surface area contributed by atoms with Crippen LogP contribution in [0.5, 0.6) is 0 Å². The Bertz CT molecular complexity index is 896. The number of carbonyl (C=O) groups excluding carboxylic acids is 2. The lowest BCUT2D eigenvalue weighted by molar-refractivity contribution is -0.128. The van der Waals surface area contributed by atoms with Crippen LogP contribution >= 0.6 is 0 Å². The second-order valence-corrected chi connectivity index (χ2v) is 10.9. The monoisotopic (exact) mass is 404 g/mol. The number of amides is 1. The first kappa shape index (κ1) is 19.6. The maximum absolute atomic E-state index is 13.6. The number of hydrogen-bond donors (Lipinski definition) is 1. The van der Waals surface area contributed by atoms with E-state index in [0.717, 1.165) is 12.0 Å². The Morgan fingerprint density at radius 1 is 1.14 bits per heavy atom. The van der Waals surface area contributed by atoms with Crippen LogP contribution in [0.2, 0.25) is 0 Å². The average molecular weight is 405 g/mol. The highest BCUT2D eigenvalue weighted by molar-refractivity contribution is 7.89. The maximum atomic E-state index is 13.6. The molecule has 28 heavy (non-hydrogen) atoms. The molecule has 3 fully saturated rings. The minimum atomic E-state index is -3.74. The topological polar surface area (TPSA) is 83.6 Å². The number of carbonyl (C=O) groups is 2. The van der Waals surface area contributed by atoms with Crippen LogP contribution in [0.4, 0.5) is 0 Å². The highest BCUT2D eigenvalue weighted by Crippen LogP contribution is 2.64. The van der Waals surface area contributed by atoms with Gasteiger partial charge in [-0.1, -0.05) is 44.2 Å². The molecule has 6 nitrogen and oxygen atoms in total. The molecule has 1 heterocycles. The Hall–Kier alpha value is -1.73. The van der Waals surface area contributed by atoms with Gasteiger partial charge in [-0.3, -0.25) is 9.59 Å². The van der Waals surface area contributed by atoms with E-state index in [1.165, 1.54) is 4.31 Å². The number of nitrogens with one attached hydrogen (secondary N) is 1. The summed E-state index contributed by atoms with van der Waals surface area (Å²) in [6.07, 6.45) is 2.14. The molecule has 0 spiro atoms. The fraction of sp³-hybridized carbons (Fsp3) is 0.619. The summed E-state index contributed by atoms with van der Waals surface area (Å²) in [6, 6.07) is 8.76. The molecule has 4 rings (SSSR count). The number of rotatable bonds is 4. The minimum Gasteiger partial charge on any atom is -0.355 e. The van der Waals surface area contributed by atoms with E-state index in [9.17, 15) is 18.0 Å². The number of fused-ring (bicyclic) bond motifs is 2. The molecule has 3 aliphatic rings. The van der Waals surface area contributed by atoms with Gasteiger partial charge in [-0.05, 0) is 29.7 Å². The van der Waals surface area contributed by atoms with Crippen LogP contribution in [0.25, 0.3) is 0 Å². The second kappa shape index (κ2) is 6.66. The normalized spacial score (nSPS) is 32.9. The van der Waals surface area contributed by atoms with E-state index >= 15 is 0 Å². The average Bonchev–Trinajstić information content (AvgIpc) is 2.87. The third kappa shape index (κ3) is 2.90. The van der Waals surface area contributed by atoms with Crippen LogP contribution in [0.1, 0.15) is 51.1 Å². The first-order chi connectivity index (χ1) is 13.2.